The van der Waals surface area contributed by atoms with E-state index in [0.717, 1.165) is 18.9 Å². The fraction of sp³-hybridized carbons (Fsp3) is 0.562. The first-order valence-corrected chi connectivity index (χ1v) is 9.58. The summed E-state index contributed by atoms with van der Waals surface area (Å²) in [5, 5.41) is 2.93. The Morgan fingerprint density at radius 1 is 1.25 bits per heavy atom. The highest BCUT2D eigenvalue weighted by Crippen LogP contribution is 2.20. The van der Waals surface area contributed by atoms with Crippen molar-refractivity contribution in [1.82, 2.24) is 14.5 Å². The summed E-state index contributed by atoms with van der Waals surface area (Å²) in [5.74, 6) is -0.527. The van der Waals surface area contributed by atoms with Gasteiger partial charge in [0.1, 0.15) is 5.82 Å². The van der Waals surface area contributed by atoms with Crippen molar-refractivity contribution in [2.24, 2.45) is 0 Å². The molecule has 1 heterocycles. The number of carbonyl (C=O) groups excluding carboxylic acids is 1. The van der Waals surface area contributed by atoms with Crippen LogP contribution in [0.3, 0.4) is 0 Å². The number of rotatable bonds is 5. The Morgan fingerprint density at radius 3 is 2.50 bits per heavy atom. The van der Waals surface area contributed by atoms with Crippen LogP contribution in [0, 0.1) is 12.7 Å². The van der Waals surface area contributed by atoms with Gasteiger partial charge in [0.05, 0.1) is 11.4 Å². The quantitative estimate of drug-likeness (QED) is 0.845. The molecule has 0 spiro atoms. The monoisotopic (exact) mass is 355 g/mol. The van der Waals surface area contributed by atoms with Crippen LogP contribution in [0.25, 0.3) is 0 Å². The van der Waals surface area contributed by atoms with Crippen LogP contribution in [0.2, 0.25) is 0 Å². The van der Waals surface area contributed by atoms with Gasteiger partial charge in [-0.3, -0.25) is 9.69 Å². The molecule has 0 radical (unpaired) electrons. The second kappa shape index (κ2) is 6.78. The summed E-state index contributed by atoms with van der Waals surface area (Å²) in [7, 11) is -3.70. The first-order chi connectivity index (χ1) is 11.4. The van der Waals surface area contributed by atoms with Gasteiger partial charge in [-0.25, -0.2) is 12.8 Å². The molecule has 1 amide bonds. The number of amides is 1. The van der Waals surface area contributed by atoms with Crippen molar-refractivity contribution < 1.29 is 17.6 Å². The van der Waals surface area contributed by atoms with Crippen LogP contribution >= 0.6 is 0 Å². The van der Waals surface area contributed by atoms with Gasteiger partial charge in [-0.2, -0.15) is 4.31 Å². The number of nitrogens with zero attached hydrogens (tertiary/aromatic N) is 2. The minimum Gasteiger partial charge on any atom is -0.352 e. The molecule has 2 fully saturated rings. The maximum atomic E-state index is 13.7. The second-order valence-corrected chi connectivity index (χ2v) is 8.37. The van der Waals surface area contributed by atoms with E-state index in [1.807, 2.05) is 4.90 Å². The van der Waals surface area contributed by atoms with E-state index < -0.39 is 15.8 Å². The second-order valence-electron chi connectivity index (χ2n) is 6.43. The van der Waals surface area contributed by atoms with Crippen LogP contribution < -0.4 is 5.32 Å². The van der Waals surface area contributed by atoms with Crippen molar-refractivity contribution in [3.8, 4) is 0 Å². The molecule has 1 saturated heterocycles. The zero-order chi connectivity index (χ0) is 17.3. The Hall–Kier alpha value is -1.51. The molecule has 1 aromatic carbocycles. The average molecular weight is 355 g/mol. The molecule has 2 aliphatic rings. The number of carbonyl (C=O) groups is 1. The van der Waals surface area contributed by atoms with E-state index in [-0.39, 0.29) is 10.8 Å². The van der Waals surface area contributed by atoms with Crippen LogP contribution in [-0.4, -0.2) is 62.3 Å². The smallest absolute Gasteiger partial charge is 0.243 e. The zero-order valence-corrected chi connectivity index (χ0v) is 14.5. The lowest BCUT2D eigenvalue weighted by Crippen LogP contribution is -2.51. The van der Waals surface area contributed by atoms with E-state index in [9.17, 15) is 17.6 Å². The molecule has 1 aliphatic heterocycles. The topological polar surface area (TPSA) is 69.7 Å². The molecule has 24 heavy (non-hydrogen) atoms. The molecule has 1 N–H and O–H groups in total. The molecule has 1 aromatic rings. The maximum absolute atomic E-state index is 13.7. The van der Waals surface area contributed by atoms with Gasteiger partial charge in [0.25, 0.3) is 0 Å². The number of nitrogens with one attached hydrogen (secondary N) is 1. The molecule has 1 saturated carbocycles. The van der Waals surface area contributed by atoms with E-state index >= 15 is 0 Å². The Balaban J connectivity index is 1.58. The first-order valence-electron chi connectivity index (χ1n) is 8.14. The molecular weight excluding hydrogens is 333 g/mol. The van der Waals surface area contributed by atoms with Gasteiger partial charge in [0.2, 0.25) is 15.9 Å². The fourth-order valence-corrected chi connectivity index (χ4v) is 4.15. The molecule has 0 atom stereocenters. The molecule has 8 heteroatoms. The van der Waals surface area contributed by atoms with Gasteiger partial charge >= 0.3 is 0 Å². The van der Waals surface area contributed by atoms with Gasteiger partial charge in [-0.05, 0) is 37.5 Å². The Bertz CT molecular complexity index is 726. The van der Waals surface area contributed by atoms with Gasteiger partial charge in [-0.15, -0.1) is 0 Å². The molecule has 0 unspecified atom stereocenters. The lowest BCUT2D eigenvalue weighted by atomic mass is 10.2. The van der Waals surface area contributed by atoms with E-state index in [2.05, 4.69) is 5.32 Å². The lowest BCUT2D eigenvalue weighted by Gasteiger charge is -2.33. The number of aryl methyl sites for hydroxylation is 1. The van der Waals surface area contributed by atoms with Crippen molar-refractivity contribution in [3.63, 3.8) is 0 Å². The maximum Gasteiger partial charge on any atom is 0.243 e. The number of sulfonamides is 1. The highest BCUT2D eigenvalue weighted by molar-refractivity contribution is 7.89. The van der Waals surface area contributed by atoms with E-state index in [0.29, 0.717) is 44.3 Å². The Labute approximate surface area is 141 Å². The minimum absolute atomic E-state index is 0.00517. The summed E-state index contributed by atoms with van der Waals surface area (Å²) in [6.07, 6.45) is 2.09. The van der Waals surface area contributed by atoms with E-state index in [4.69, 9.17) is 0 Å². The fourth-order valence-electron chi connectivity index (χ4n) is 2.72. The van der Waals surface area contributed by atoms with Gasteiger partial charge in [-0.1, -0.05) is 6.07 Å². The van der Waals surface area contributed by atoms with Crippen molar-refractivity contribution in [2.75, 3.05) is 32.7 Å². The highest BCUT2D eigenvalue weighted by Gasteiger charge is 2.30. The van der Waals surface area contributed by atoms with Crippen LogP contribution in [0.15, 0.2) is 23.1 Å². The van der Waals surface area contributed by atoms with E-state index in [1.165, 1.54) is 16.4 Å². The molecule has 0 bridgehead atoms. The van der Waals surface area contributed by atoms with Crippen molar-refractivity contribution >= 4 is 15.9 Å². The summed E-state index contributed by atoms with van der Waals surface area (Å²) in [5.41, 5.74) is 0.417. The molecule has 1 aliphatic carbocycles. The predicted octanol–water partition coefficient (Wildman–Crippen LogP) is 0.719. The largest absolute Gasteiger partial charge is 0.352 e. The van der Waals surface area contributed by atoms with Crippen molar-refractivity contribution in [3.05, 3.63) is 29.6 Å². The van der Waals surface area contributed by atoms with Crippen molar-refractivity contribution in [2.45, 2.75) is 30.7 Å². The van der Waals surface area contributed by atoms with Crippen LogP contribution in [-0.2, 0) is 14.8 Å². The lowest BCUT2D eigenvalue weighted by molar-refractivity contribution is -0.122. The summed E-state index contributed by atoms with van der Waals surface area (Å²) in [6.45, 7) is 3.47. The average Bonchev–Trinajstić information content (AvgIpc) is 3.34. The minimum atomic E-state index is -3.70. The molecule has 3 rings (SSSR count). The third-order valence-electron chi connectivity index (χ3n) is 4.42. The number of hydrogen-bond acceptors (Lipinski definition) is 4. The highest BCUT2D eigenvalue weighted by atomic mass is 32.2. The number of benzene rings is 1. The SMILES string of the molecule is Cc1ccc(S(=O)(=O)N2CCN(CC(=O)NC3CC3)CC2)cc1F. The molecule has 6 nitrogen and oxygen atoms in total. The Kier molecular flexibility index (Phi) is 4.89. The van der Waals surface area contributed by atoms with Crippen LogP contribution in [0.4, 0.5) is 4.39 Å². The summed E-state index contributed by atoms with van der Waals surface area (Å²) < 4.78 is 40.2. The molecular formula is C16H22FN3O3S. The zero-order valence-electron chi connectivity index (χ0n) is 13.7. The summed E-state index contributed by atoms with van der Waals surface area (Å²) in [6, 6.07) is 4.31. The number of piperazine rings is 1. The van der Waals surface area contributed by atoms with E-state index in [1.54, 1.807) is 6.92 Å². The molecule has 0 aromatic heterocycles. The Morgan fingerprint density at radius 2 is 1.92 bits per heavy atom. The summed E-state index contributed by atoms with van der Waals surface area (Å²) >= 11 is 0. The van der Waals surface area contributed by atoms with Crippen LogP contribution in [0.1, 0.15) is 18.4 Å². The third kappa shape index (κ3) is 3.93. The number of halogens is 1. The van der Waals surface area contributed by atoms with Crippen molar-refractivity contribution in [1.29, 1.82) is 0 Å². The van der Waals surface area contributed by atoms with Gasteiger partial charge in [0.15, 0.2) is 0 Å². The normalized spacial score (nSPS) is 20.1. The standard InChI is InChI=1S/C16H22FN3O3S/c1-12-2-5-14(10-15(12)17)24(22,23)20-8-6-19(7-9-20)11-16(21)18-13-3-4-13/h2,5,10,13H,3-4,6-9,11H2,1H3,(H,18,21). The summed E-state index contributed by atoms with van der Waals surface area (Å²) in [4.78, 5) is 13.7. The molecule has 132 valence electrons. The van der Waals surface area contributed by atoms with Crippen LogP contribution in [0.5, 0.6) is 0 Å². The predicted molar refractivity (Wildman–Crippen MR) is 87.5 cm³/mol. The third-order valence-corrected chi connectivity index (χ3v) is 6.32. The van der Waals surface area contributed by atoms with Gasteiger partial charge < -0.3 is 5.32 Å². The first kappa shape index (κ1) is 17.3. The van der Waals surface area contributed by atoms with Gasteiger partial charge in [0, 0.05) is 32.2 Å². The number of hydrogen-bond donors (Lipinski definition) is 1.